The molecule has 2 N–H and O–H groups in total. The van der Waals surface area contributed by atoms with Gasteiger partial charge in [-0.25, -0.2) is 9.78 Å². The number of urea groups is 1. The van der Waals surface area contributed by atoms with Crippen molar-refractivity contribution in [1.29, 1.82) is 0 Å². The lowest BCUT2D eigenvalue weighted by Crippen LogP contribution is -2.51. The molecule has 1 atom stereocenters. The smallest absolute Gasteiger partial charge is 0.396 e. The predicted molar refractivity (Wildman–Crippen MR) is 103 cm³/mol. The molecule has 2 bridgehead atoms. The third kappa shape index (κ3) is 3.74. The van der Waals surface area contributed by atoms with E-state index >= 15 is 0 Å². The van der Waals surface area contributed by atoms with Gasteiger partial charge in [0.15, 0.2) is 5.82 Å². The van der Waals surface area contributed by atoms with Crippen molar-refractivity contribution in [3.63, 3.8) is 0 Å². The quantitative estimate of drug-likeness (QED) is 0.765. The minimum absolute atomic E-state index is 0.0218. The monoisotopic (exact) mass is 406 g/mol. The van der Waals surface area contributed by atoms with E-state index in [1.165, 1.54) is 6.07 Å². The van der Waals surface area contributed by atoms with E-state index in [-0.39, 0.29) is 18.7 Å². The van der Waals surface area contributed by atoms with Crippen LogP contribution in [-0.4, -0.2) is 48.4 Å². The van der Waals surface area contributed by atoms with E-state index < -0.39 is 11.7 Å². The Morgan fingerprint density at radius 2 is 2.10 bits per heavy atom. The SMILES string of the molecule is O=C(NCCCO)N1c2nc(-c3cccc(C(F)(F)F)c3)ccc2N2CC[C@@H]1C2. The highest BCUT2D eigenvalue weighted by Crippen LogP contribution is 2.40. The standard InChI is InChI=1S/C20H21F3N4O2/c21-20(22,23)14-4-1-3-13(11-14)16-5-6-17-18(25-16)27(15-7-9-26(17)12-15)19(29)24-8-2-10-28/h1,3-6,11,15,28H,2,7-10,12H2,(H,24,29)/t15-/m1/s1. The van der Waals surface area contributed by atoms with Gasteiger partial charge in [0.25, 0.3) is 0 Å². The first-order chi connectivity index (χ1) is 13.9. The molecule has 1 aromatic heterocycles. The van der Waals surface area contributed by atoms with Crippen molar-refractivity contribution in [3.8, 4) is 11.3 Å². The van der Waals surface area contributed by atoms with Crippen LogP contribution in [0.1, 0.15) is 18.4 Å². The van der Waals surface area contributed by atoms with Crippen LogP contribution in [0.2, 0.25) is 0 Å². The maximum absolute atomic E-state index is 13.1. The van der Waals surface area contributed by atoms with Crippen LogP contribution in [-0.2, 0) is 6.18 Å². The van der Waals surface area contributed by atoms with Gasteiger partial charge < -0.3 is 15.3 Å². The lowest BCUT2D eigenvalue weighted by Gasteiger charge is -2.36. The van der Waals surface area contributed by atoms with Crippen molar-refractivity contribution >= 4 is 17.5 Å². The minimum atomic E-state index is -4.44. The second kappa shape index (κ2) is 7.55. The van der Waals surface area contributed by atoms with Crippen LogP contribution in [0.4, 0.5) is 29.5 Å². The van der Waals surface area contributed by atoms with Crippen LogP contribution in [0.5, 0.6) is 0 Å². The molecule has 2 aliphatic rings. The van der Waals surface area contributed by atoms with Crippen molar-refractivity contribution in [2.75, 3.05) is 36.0 Å². The fourth-order valence-electron chi connectivity index (χ4n) is 3.85. The second-order valence-corrected chi connectivity index (χ2v) is 7.19. The Morgan fingerprint density at radius 1 is 1.28 bits per heavy atom. The third-order valence-electron chi connectivity index (χ3n) is 5.27. The van der Waals surface area contributed by atoms with Crippen molar-refractivity contribution in [2.45, 2.75) is 25.1 Å². The van der Waals surface area contributed by atoms with Crippen molar-refractivity contribution < 1.29 is 23.1 Å². The first-order valence-corrected chi connectivity index (χ1v) is 9.50. The van der Waals surface area contributed by atoms with E-state index in [4.69, 9.17) is 5.11 Å². The Bertz CT molecular complexity index is 919. The van der Waals surface area contributed by atoms with Gasteiger partial charge in [0.1, 0.15) is 0 Å². The summed E-state index contributed by atoms with van der Waals surface area (Å²) in [5.74, 6) is 0.454. The summed E-state index contributed by atoms with van der Waals surface area (Å²) in [6, 6.07) is 8.18. The van der Waals surface area contributed by atoms with Gasteiger partial charge in [0, 0.05) is 31.8 Å². The first kappa shape index (κ1) is 19.5. The first-order valence-electron chi connectivity index (χ1n) is 9.50. The summed E-state index contributed by atoms with van der Waals surface area (Å²) >= 11 is 0. The average Bonchev–Trinajstić information content (AvgIpc) is 3.12. The van der Waals surface area contributed by atoms with Crippen LogP contribution in [0.3, 0.4) is 0 Å². The van der Waals surface area contributed by atoms with Gasteiger partial charge >= 0.3 is 12.2 Å². The fraction of sp³-hybridized carbons (Fsp3) is 0.400. The summed E-state index contributed by atoms with van der Waals surface area (Å²) in [5, 5.41) is 11.7. The number of nitrogens with one attached hydrogen (secondary N) is 1. The molecule has 0 aliphatic carbocycles. The Hall–Kier alpha value is -2.81. The molecule has 2 amide bonds. The molecule has 9 heteroatoms. The van der Waals surface area contributed by atoms with E-state index in [1.54, 1.807) is 17.0 Å². The lowest BCUT2D eigenvalue weighted by molar-refractivity contribution is -0.137. The largest absolute Gasteiger partial charge is 0.416 e. The average molecular weight is 406 g/mol. The van der Waals surface area contributed by atoms with Gasteiger partial charge in [-0.3, -0.25) is 4.90 Å². The molecule has 0 saturated carbocycles. The van der Waals surface area contributed by atoms with Crippen LogP contribution >= 0.6 is 0 Å². The summed E-state index contributed by atoms with van der Waals surface area (Å²) in [7, 11) is 0. The normalized spacial score (nSPS) is 18.0. The number of alkyl halides is 3. The zero-order chi connectivity index (χ0) is 20.6. The molecule has 0 radical (unpaired) electrons. The van der Waals surface area contributed by atoms with Gasteiger partial charge in [-0.1, -0.05) is 12.1 Å². The van der Waals surface area contributed by atoms with Crippen molar-refractivity contribution in [3.05, 3.63) is 42.0 Å². The highest BCUT2D eigenvalue weighted by Gasteiger charge is 2.40. The van der Waals surface area contributed by atoms with E-state index in [2.05, 4.69) is 15.2 Å². The number of nitrogens with zero attached hydrogens (tertiary/aromatic N) is 3. The zero-order valence-electron chi connectivity index (χ0n) is 15.6. The number of carbonyl (C=O) groups is 1. The maximum Gasteiger partial charge on any atom is 0.416 e. The molecule has 1 saturated heterocycles. The number of amides is 2. The molecule has 3 heterocycles. The molecule has 2 aliphatic heterocycles. The molecule has 1 fully saturated rings. The van der Waals surface area contributed by atoms with E-state index in [9.17, 15) is 18.0 Å². The van der Waals surface area contributed by atoms with Crippen molar-refractivity contribution in [1.82, 2.24) is 10.3 Å². The molecular formula is C20H21F3N4O2. The number of hydrogen-bond donors (Lipinski definition) is 2. The number of anilines is 2. The number of benzene rings is 1. The number of carbonyl (C=O) groups excluding carboxylic acids is 1. The number of fused-ring (bicyclic) bond motifs is 4. The van der Waals surface area contributed by atoms with Crippen LogP contribution in [0.15, 0.2) is 36.4 Å². The highest BCUT2D eigenvalue weighted by molar-refractivity contribution is 5.97. The van der Waals surface area contributed by atoms with Gasteiger partial charge in [0.05, 0.1) is 23.0 Å². The molecular weight excluding hydrogens is 385 g/mol. The highest BCUT2D eigenvalue weighted by atomic mass is 19.4. The van der Waals surface area contributed by atoms with Crippen molar-refractivity contribution in [2.24, 2.45) is 0 Å². The van der Waals surface area contributed by atoms with Gasteiger partial charge in [-0.15, -0.1) is 0 Å². The molecule has 0 spiro atoms. The van der Waals surface area contributed by atoms with Gasteiger partial charge in [-0.2, -0.15) is 13.2 Å². The zero-order valence-corrected chi connectivity index (χ0v) is 15.6. The Balaban J connectivity index is 1.70. The lowest BCUT2D eigenvalue weighted by atomic mass is 10.1. The van der Waals surface area contributed by atoms with E-state index in [0.29, 0.717) is 36.6 Å². The summed E-state index contributed by atoms with van der Waals surface area (Å²) < 4.78 is 39.2. The molecule has 1 aromatic carbocycles. The van der Waals surface area contributed by atoms with Gasteiger partial charge in [-0.05, 0) is 37.1 Å². The number of pyridine rings is 1. The number of aliphatic hydroxyl groups is 1. The predicted octanol–water partition coefficient (Wildman–Crippen LogP) is 3.26. The fourth-order valence-corrected chi connectivity index (χ4v) is 3.85. The molecule has 29 heavy (non-hydrogen) atoms. The number of hydrogen-bond acceptors (Lipinski definition) is 4. The minimum Gasteiger partial charge on any atom is -0.396 e. The third-order valence-corrected chi connectivity index (χ3v) is 5.27. The molecule has 2 aromatic rings. The Labute approximate surface area is 166 Å². The molecule has 154 valence electrons. The summed E-state index contributed by atoms with van der Waals surface area (Å²) in [6.45, 7) is 1.81. The summed E-state index contributed by atoms with van der Waals surface area (Å²) in [5.41, 5.74) is 0.783. The summed E-state index contributed by atoms with van der Waals surface area (Å²) in [6.07, 6.45) is -3.20. The Morgan fingerprint density at radius 3 is 2.86 bits per heavy atom. The summed E-state index contributed by atoms with van der Waals surface area (Å²) in [4.78, 5) is 21.1. The number of halogens is 3. The van der Waals surface area contributed by atoms with Crippen LogP contribution in [0.25, 0.3) is 11.3 Å². The Kier molecular flexibility index (Phi) is 5.08. The number of aromatic nitrogens is 1. The topological polar surface area (TPSA) is 68.7 Å². The molecule has 4 rings (SSSR count). The molecule has 6 nitrogen and oxygen atoms in total. The van der Waals surface area contributed by atoms with Crippen LogP contribution in [0, 0.1) is 0 Å². The van der Waals surface area contributed by atoms with Crippen LogP contribution < -0.4 is 15.1 Å². The molecule has 0 unspecified atom stereocenters. The van der Waals surface area contributed by atoms with E-state index in [0.717, 1.165) is 30.8 Å². The maximum atomic E-state index is 13.1. The second-order valence-electron chi connectivity index (χ2n) is 7.19. The number of rotatable bonds is 4. The number of aliphatic hydroxyl groups excluding tert-OH is 1. The van der Waals surface area contributed by atoms with Gasteiger partial charge in [0.2, 0.25) is 0 Å². The van der Waals surface area contributed by atoms with E-state index in [1.807, 2.05) is 6.07 Å².